The Hall–Kier alpha value is -0.640. The Bertz CT molecular complexity index is 656. The molecule has 0 saturated heterocycles. The third-order valence-corrected chi connectivity index (χ3v) is 8.27. The molecular formula is C23H29Br2N. The van der Waals surface area contributed by atoms with Gasteiger partial charge in [0.05, 0.1) is 0 Å². The molecule has 0 aromatic heterocycles. The maximum absolute atomic E-state index is 3.79. The van der Waals surface area contributed by atoms with Gasteiger partial charge in [0.2, 0.25) is 0 Å². The van der Waals surface area contributed by atoms with Gasteiger partial charge < -0.3 is 0 Å². The molecule has 26 heavy (non-hydrogen) atoms. The molecule has 3 rings (SSSR count). The van der Waals surface area contributed by atoms with Crippen LogP contribution in [0, 0.1) is 0 Å². The molecule has 0 spiro atoms. The van der Waals surface area contributed by atoms with Crippen molar-refractivity contribution in [2.45, 2.75) is 54.7 Å². The van der Waals surface area contributed by atoms with Gasteiger partial charge in [0.25, 0.3) is 0 Å². The number of alkyl halides is 2. The van der Waals surface area contributed by atoms with Gasteiger partial charge in [-0.15, -0.1) is 0 Å². The summed E-state index contributed by atoms with van der Waals surface area (Å²) in [5.74, 6) is 0.666. The maximum atomic E-state index is 3.79. The number of halogens is 2. The van der Waals surface area contributed by atoms with Crippen molar-refractivity contribution in [3.05, 3.63) is 71.3 Å². The summed E-state index contributed by atoms with van der Waals surface area (Å²) in [4.78, 5) is 3.79. The van der Waals surface area contributed by atoms with E-state index in [0.29, 0.717) is 15.6 Å². The van der Waals surface area contributed by atoms with Gasteiger partial charge in [0.15, 0.2) is 0 Å². The minimum absolute atomic E-state index is 0.578. The third-order valence-electron chi connectivity index (χ3n) is 5.35. The van der Waals surface area contributed by atoms with Crippen LogP contribution in [0.2, 0.25) is 0 Å². The van der Waals surface area contributed by atoms with Crippen molar-refractivity contribution in [2.75, 3.05) is 13.1 Å². The van der Waals surface area contributed by atoms with E-state index in [1.807, 2.05) is 0 Å². The van der Waals surface area contributed by atoms with Crippen LogP contribution in [-0.4, -0.2) is 27.6 Å². The molecule has 0 aliphatic heterocycles. The van der Waals surface area contributed by atoms with Crippen molar-refractivity contribution in [2.24, 2.45) is 0 Å². The molecule has 3 atom stereocenters. The molecule has 1 fully saturated rings. The van der Waals surface area contributed by atoms with Crippen LogP contribution in [0.3, 0.4) is 0 Å². The fourth-order valence-corrected chi connectivity index (χ4v) is 5.25. The Balaban J connectivity index is 1.46. The minimum atomic E-state index is 0.578. The second kappa shape index (κ2) is 10.1. The zero-order valence-corrected chi connectivity index (χ0v) is 18.8. The molecule has 0 heterocycles. The molecule has 140 valence electrons. The molecular weight excluding hydrogens is 450 g/mol. The summed E-state index contributed by atoms with van der Waals surface area (Å²) in [5, 5.41) is 0. The smallest absolute Gasteiger partial charge is 0.0340 e. The highest BCUT2D eigenvalue weighted by Crippen LogP contribution is 2.46. The van der Waals surface area contributed by atoms with Gasteiger partial charge in [0.1, 0.15) is 0 Å². The van der Waals surface area contributed by atoms with E-state index >= 15 is 0 Å². The minimum Gasteiger partial charge on any atom is -0.299 e. The van der Waals surface area contributed by atoms with Crippen molar-refractivity contribution in [1.29, 1.82) is 0 Å². The zero-order chi connectivity index (χ0) is 18.4. The van der Waals surface area contributed by atoms with Crippen molar-refractivity contribution >= 4 is 31.9 Å². The highest BCUT2D eigenvalue weighted by molar-refractivity contribution is 9.12. The molecule has 1 nitrogen and oxygen atoms in total. The molecule has 1 aliphatic carbocycles. The Morgan fingerprint density at radius 3 is 2.27 bits per heavy atom. The number of benzene rings is 2. The average Bonchev–Trinajstić information content (AvgIpc) is 2.67. The Morgan fingerprint density at radius 1 is 0.923 bits per heavy atom. The van der Waals surface area contributed by atoms with E-state index in [1.165, 1.54) is 55.5 Å². The lowest BCUT2D eigenvalue weighted by molar-refractivity contribution is 0.262. The summed E-state index contributed by atoms with van der Waals surface area (Å²) in [6, 6.07) is 20.2. The normalized spacial score (nSPS) is 22.4. The molecule has 0 amide bonds. The lowest BCUT2D eigenvalue weighted by Gasteiger charge is -2.38. The van der Waals surface area contributed by atoms with Crippen LogP contribution in [0.5, 0.6) is 0 Å². The average molecular weight is 479 g/mol. The summed E-state index contributed by atoms with van der Waals surface area (Å²) >= 11 is 7.50. The van der Waals surface area contributed by atoms with E-state index < -0.39 is 0 Å². The lowest BCUT2D eigenvalue weighted by atomic mass is 9.79. The SMILES string of the molecule is CCCN(CCCc1ccc(C2CC(Br)C2Br)cc1)Cc1ccccc1. The first-order valence-electron chi connectivity index (χ1n) is 9.80. The third kappa shape index (κ3) is 5.43. The summed E-state index contributed by atoms with van der Waals surface area (Å²) in [6.45, 7) is 5.68. The van der Waals surface area contributed by atoms with Gasteiger partial charge >= 0.3 is 0 Å². The van der Waals surface area contributed by atoms with Gasteiger partial charge in [-0.25, -0.2) is 0 Å². The highest BCUT2D eigenvalue weighted by Gasteiger charge is 2.38. The van der Waals surface area contributed by atoms with Gasteiger partial charge in [-0.05, 0) is 61.4 Å². The second-order valence-corrected chi connectivity index (χ2v) is 9.64. The van der Waals surface area contributed by atoms with Gasteiger partial charge in [-0.1, -0.05) is 93.4 Å². The van der Waals surface area contributed by atoms with Crippen LogP contribution in [0.25, 0.3) is 0 Å². The van der Waals surface area contributed by atoms with Crippen LogP contribution in [0.4, 0.5) is 0 Å². The van der Waals surface area contributed by atoms with Crippen molar-refractivity contribution < 1.29 is 0 Å². The number of nitrogens with zero attached hydrogens (tertiary/aromatic N) is 1. The predicted molar refractivity (Wildman–Crippen MR) is 120 cm³/mol. The molecule has 3 unspecified atom stereocenters. The van der Waals surface area contributed by atoms with Crippen LogP contribution < -0.4 is 0 Å². The topological polar surface area (TPSA) is 3.24 Å². The Kier molecular flexibility index (Phi) is 7.77. The fraction of sp³-hybridized carbons (Fsp3) is 0.478. The monoisotopic (exact) mass is 477 g/mol. The van der Waals surface area contributed by atoms with Crippen LogP contribution >= 0.6 is 31.9 Å². The van der Waals surface area contributed by atoms with E-state index in [-0.39, 0.29) is 0 Å². The quantitative estimate of drug-likeness (QED) is 0.369. The van der Waals surface area contributed by atoms with Crippen molar-refractivity contribution in [1.82, 2.24) is 4.90 Å². The molecule has 0 bridgehead atoms. The number of hydrogen-bond donors (Lipinski definition) is 0. The predicted octanol–water partition coefficient (Wildman–Crippen LogP) is 6.55. The van der Waals surface area contributed by atoms with Crippen LogP contribution in [0.1, 0.15) is 48.8 Å². The van der Waals surface area contributed by atoms with E-state index in [0.717, 1.165) is 6.54 Å². The molecule has 2 aromatic rings. The standard InChI is InChI=1S/C23H29Br2N/c1-2-14-26(17-19-7-4-3-5-8-19)15-6-9-18-10-12-20(13-11-18)21-16-22(24)23(21)25/h3-5,7-8,10-13,21-23H,2,6,9,14-17H2,1H3. The Morgan fingerprint density at radius 2 is 1.65 bits per heavy atom. The molecule has 0 N–H and O–H groups in total. The first-order chi connectivity index (χ1) is 12.7. The van der Waals surface area contributed by atoms with Crippen molar-refractivity contribution in [3.8, 4) is 0 Å². The first-order valence-corrected chi connectivity index (χ1v) is 11.6. The molecule has 2 aromatic carbocycles. The summed E-state index contributed by atoms with van der Waals surface area (Å²) in [6.07, 6.45) is 4.84. The Labute approximate surface area is 175 Å². The van der Waals surface area contributed by atoms with Gasteiger partial charge in [0, 0.05) is 16.2 Å². The first kappa shape index (κ1) is 20.1. The van der Waals surface area contributed by atoms with Crippen LogP contribution in [-0.2, 0) is 13.0 Å². The van der Waals surface area contributed by atoms with Crippen molar-refractivity contribution in [3.63, 3.8) is 0 Å². The maximum Gasteiger partial charge on any atom is 0.0340 e. The van der Waals surface area contributed by atoms with E-state index in [9.17, 15) is 0 Å². The van der Waals surface area contributed by atoms with E-state index in [4.69, 9.17) is 0 Å². The molecule has 0 radical (unpaired) electrons. The molecule has 3 heteroatoms. The summed E-state index contributed by atoms with van der Waals surface area (Å²) in [7, 11) is 0. The van der Waals surface area contributed by atoms with E-state index in [1.54, 1.807) is 0 Å². The van der Waals surface area contributed by atoms with Gasteiger partial charge in [-0.2, -0.15) is 0 Å². The molecule has 1 saturated carbocycles. The summed E-state index contributed by atoms with van der Waals surface area (Å²) < 4.78 is 0. The molecule has 1 aliphatic rings. The number of rotatable bonds is 9. The summed E-state index contributed by atoms with van der Waals surface area (Å²) in [5.41, 5.74) is 4.36. The van der Waals surface area contributed by atoms with Gasteiger partial charge in [-0.3, -0.25) is 4.90 Å². The number of hydrogen-bond acceptors (Lipinski definition) is 1. The fourth-order valence-electron chi connectivity index (χ4n) is 3.74. The zero-order valence-electron chi connectivity index (χ0n) is 15.6. The largest absolute Gasteiger partial charge is 0.299 e. The highest BCUT2D eigenvalue weighted by atomic mass is 79.9. The number of aryl methyl sites for hydroxylation is 1. The lowest BCUT2D eigenvalue weighted by Crippen LogP contribution is -2.35. The van der Waals surface area contributed by atoms with E-state index in [2.05, 4.69) is 98.3 Å². The second-order valence-electron chi connectivity index (χ2n) is 7.41. The van der Waals surface area contributed by atoms with Crippen LogP contribution in [0.15, 0.2) is 54.6 Å².